The first-order chi connectivity index (χ1) is 8.89. The number of primary amides is 1. The standard InChI is InChI=1S/C14H22FN3O/c1-4-17-14(2,13(16)19)8-9-18(3)12-7-5-6-11(15)10-12/h5-7,10,17H,4,8-9H2,1-3H3,(H2,16,19). The molecule has 1 amide bonds. The van der Waals surface area contributed by atoms with Crippen LogP contribution in [0.4, 0.5) is 10.1 Å². The lowest BCUT2D eigenvalue weighted by Gasteiger charge is -2.30. The Kier molecular flexibility index (Phi) is 5.30. The summed E-state index contributed by atoms with van der Waals surface area (Å²) in [6.45, 7) is 4.99. The van der Waals surface area contributed by atoms with Gasteiger partial charge in [-0.15, -0.1) is 0 Å². The van der Waals surface area contributed by atoms with Gasteiger partial charge in [-0.1, -0.05) is 13.0 Å². The van der Waals surface area contributed by atoms with Gasteiger partial charge in [0.15, 0.2) is 0 Å². The number of carbonyl (C=O) groups excluding carboxylic acids is 1. The third-order valence-corrected chi connectivity index (χ3v) is 3.31. The number of rotatable bonds is 7. The second kappa shape index (κ2) is 6.52. The van der Waals surface area contributed by atoms with E-state index in [2.05, 4.69) is 5.32 Å². The molecular formula is C14H22FN3O. The highest BCUT2D eigenvalue weighted by Gasteiger charge is 2.29. The Balaban J connectivity index is 2.67. The average Bonchev–Trinajstić information content (AvgIpc) is 2.36. The van der Waals surface area contributed by atoms with E-state index in [1.807, 2.05) is 24.9 Å². The zero-order valence-corrected chi connectivity index (χ0v) is 11.7. The Labute approximate surface area is 113 Å². The normalized spacial score (nSPS) is 13.9. The lowest BCUT2D eigenvalue weighted by Crippen LogP contribution is -2.54. The molecule has 5 heteroatoms. The van der Waals surface area contributed by atoms with Crippen LogP contribution < -0.4 is 16.0 Å². The monoisotopic (exact) mass is 267 g/mol. The van der Waals surface area contributed by atoms with Gasteiger partial charge in [-0.2, -0.15) is 0 Å². The summed E-state index contributed by atoms with van der Waals surface area (Å²) in [7, 11) is 1.86. The van der Waals surface area contributed by atoms with Gasteiger partial charge in [-0.25, -0.2) is 4.39 Å². The van der Waals surface area contributed by atoms with Gasteiger partial charge in [0.25, 0.3) is 0 Å². The van der Waals surface area contributed by atoms with Crippen molar-refractivity contribution in [2.24, 2.45) is 5.73 Å². The number of benzene rings is 1. The third kappa shape index (κ3) is 4.21. The number of hydrogen-bond donors (Lipinski definition) is 2. The highest BCUT2D eigenvalue weighted by atomic mass is 19.1. The predicted molar refractivity (Wildman–Crippen MR) is 75.6 cm³/mol. The van der Waals surface area contributed by atoms with Gasteiger partial charge < -0.3 is 16.0 Å². The minimum absolute atomic E-state index is 0.270. The lowest BCUT2D eigenvalue weighted by molar-refractivity contribution is -0.123. The number of carbonyl (C=O) groups is 1. The summed E-state index contributed by atoms with van der Waals surface area (Å²) in [6.07, 6.45) is 0.559. The summed E-state index contributed by atoms with van der Waals surface area (Å²) >= 11 is 0. The topological polar surface area (TPSA) is 58.4 Å². The number of halogens is 1. The molecule has 1 atom stereocenters. The Morgan fingerprint density at radius 3 is 2.74 bits per heavy atom. The van der Waals surface area contributed by atoms with Crippen molar-refractivity contribution in [3.63, 3.8) is 0 Å². The zero-order valence-electron chi connectivity index (χ0n) is 11.7. The van der Waals surface area contributed by atoms with Crippen LogP contribution in [0, 0.1) is 5.82 Å². The summed E-state index contributed by atoms with van der Waals surface area (Å²) < 4.78 is 13.1. The fraction of sp³-hybridized carbons (Fsp3) is 0.500. The first-order valence-electron chi connectivity index (χ1n) is 6.40. The van der Waals surface area contributed by atoms with Crippen molar-refractivity contribution in [1.82, 2.24) is 5.32 Å². The van der Waals surface area contributed by atoms with Gasteiger partial charge in [-0.05, 0) is 38.1 Å². The highest BCUT2D eigenvalue weighted by molar-refractivity contribution is 5.84. The predicted octanol–water partition coefficient (Wildman–Crippen LogP) is 1.51. The molecule has 0 saturated carbocycles. The average molecular weight is 267 g/mol. The van der Waals surface area contributed by atoms with E-state index in [1.54, 1.807) is 13.0 Å². The highest BCUT2D eigenvalue weighted by Crippen LogP contribution is 2.16. The number of nitrogens with two attached hydrogens (primary N) is 1. The molecule has 0 aliphatic rings. The second-order valence-corrected chi connectivity index (χ2v) is 4.88. The molecule has 106 valence electrons. The Bertz CT molecular complexity index is 438. The molecule has 1 aromatic rings. The molecule has 0 heterocycles. The molecule has 0 aromatic heterocycles. The van der Waals surface area contributed by atoms with E-state index in [0.29, 0.717) is 19.5 Å². The fourth-order valence-corrected chi connectivity index (χ4v) is 1.92. The number of anilines is 1. The maximum atomic E-state index is 13.1. The van der Waals surface area contributed by atoms with Crippen LogP contribution in [0.2, 0.25) is 0 Å². The van der Waals surface area contributed by atoms with Crippen LogP contribution in [-0.2, 0) is 4.79 Å². The van der Waals surface area contributed by atoms with Gasteiger partial charge in [0.05, 0.1) is 5.54 Å². The smallest absolute Gasteiger partial charge is 0.237 e. The Morgan fingerprint density at radius 2 is 2.21 bits per heavy atom. The molecule has 1 aromatic carbocycles. The largest absolute Gasteiger partial charge is 0.374 e. The van der Waals surface area contributed by atoms with Crippen LogP contribution in [0.5, 0.6) is 0 Å². The SMILES string of the molecule is CCNC(C)(CCN(C)c1cccc(F)c1)C(N)=O. The van der Waals surface area contributed by atoms with Crippen LogP contribution in [0.25, 0.3) is 0 Å². The van der Waals surface area contributed by atoms with E-state index in [0.717, 1.165) is 5.69 Å². The lowest BCUT2D eigenvalue weighted by atomic mass is 9.96. The van der Waals surface area contributed by atoms with E-state index in [9.17, 15) is 9.18 Å². The van der Waals surface area contributed by atoms with Crippen molar-refractivity contribution in [2.45, 2.75) is 25.8 Å². The molecular weight excluding hydrogens is 245 g/mol. The van der Waals surface area contributed by atoms with Crippen molar-refractivity contribution in [3.8, 4) is 0 Å². The van der Waals surface area contributed by atoms with Crippen molar-refractivity contribution in [1.29, 1.82) is 0 Å². The molecule has 19 heavy (non-hydrogen) atoms. The molecule has 0 fully saturated rings. The van der Waals surface area contributed by atoms with E-state index in [1.165, 1.54) is 12.1 Å². The third-order valence-electron chi connectivity index (χ3n) is 3.31. The first kappa shape index (κ1) is 15.4. The number of nitrogens with one attached hydrogen (secondary N) is 1. The molecule has 1 unspecified atom stereocenters. The maximum Gasteiger partial charge on any atom is 0.237 e. The molecule has 0 aliphatic carbocycles. The summed E-state index contributed by atoms with van der Waals surface area (Å²) in [5.74, 6) is -0.643. The molecule has 0 aliphatic heterocycles. The summed E-state index contributed by atoms with van der Waals surface area (Å²) in [5, 5.41) is 3.10. The number of hydrogen-bond acceptors (Lipinski definition) is 3. The fourth-order valence-electron chi connectivity index (χ4n) is 1.92. The molecule has 1 rings (SSSR count). The minimum atomic E-state index is -0.740. The van der Waals surface area contributed by atoms with Gasteiger partial charge >= 0.3 is 0 Å². The van der Waals surface area contributed by atoms with Crippen molar-refractivity contribution >= 4 is 11.6 Å². The Hall–Kier alpha value is -1.62. The van der Waals surface area contributed by atoms with Gasteiger partial charge in [-0.3, -0.25) is 4.79 Å². The van der Waals surface area contributed by atoms with Crippen LogP contribution >= 0.6 is 0 Å². The molecule has 0 radical (unpaired) electrons. The quantitative estimate of drug-likeness (QED) is 0.787. The van der Waals surface area contributed by atoms with Crippen LogP contribution in [-0.4, -0.2) is 31.6 Å². The molecule has 0 saturated heterocycles. The summed E-state index contributed by atoms with van der Waals surface area (Å²) in [4.78, 5) is 13.4. The van der Waals surface area contributed by atoms with Gasteiger partial charge in [0.2, 0.25) is 5.91 Å². The van der Waals surface area contributed by atoms with Crippen LogP contribution in [0.15, 0.2) is 24.3 Å². The Morgan fingerprint density at radius 1 is 1.53 bits per heavy atom. The van der Waals surface area contributed by atoms with Crippen molar-refractivity contribution in [3.05, 3.63) is 30.1 Å². The van der Waals surface area contributed by atoms with Crippen molar-refractivity contribution in [2.75, 3.05) is 25.0 Å². The minimum Gasteiger partial charge on any atom is -0.374 e. The second-order valence-electron chi connectivity index (χ2n) is 4.88. The first-order valence-corrected chi connectivity index (χ1v) is 6.40. The van der Waals surface area contributed by atoms with Gasteiger partial charge in [0.1, 0.15) is 5.82 Å². The van der Waals surface area contributed by atoms with E-state index < -0.39 is 5.54 Å². The molecule has 3 N–H and O–H groups in total. The maximum absolute atomic E-state index is 13.1. The van der Waals surface area contributed by atoms with Gasteiger partial charge in [0, 0.05) is 19.3 Å². The number of likely N-dealkylation sites (N-methyl/N-ethyl adjacent to an activating group) is 1. The zero-order chi connectivity index (χ0) is 14.5. The van der Waals surface area contributed by atoms with Crippen LogP contribution in [0.3, 0.4) is 0 Å². The van der Waals surface area contributed by atoms with E-state index in [-0.39, 0.29) is 11.7 Å². The summed E-state index contributed by atoms with van der Waals surface area (Å²) in [6, 6.07) is 6.37. The molecule has 4 nitrogen and oxygen atoms in total. The molecule has 0 bridgehead atoms. The number of amides is 1. The van der Waals surface area contributed by atoms with Crippen LogP contribution in [0.1, 0.15) is 20.3 Å². The van der Waals surface area contributed by atoms with Crippen molar-refractivity contribution < 1.29 is 9.18 Å². The molecule has 0 spiro atoms. The van der Waals surface area contributed by atoms with E-state index in [4.69, 9.17) is 5.73 Å². The van der Waals surface area contributed by atoms with E-state index >= 15 is 0 Å². The number of nitrogens with zero attached hydrogens (tertiary/aromatic N) is 1. The summed E-state index contributed by atoms with van der Waals surface area (Å²) in [5.41, 5.74) is 5.47.